The molecule has 18 heavy (non-hydrogen) atoms. The van der Waals surface area contributed by atoms with Gasteiger partial charge in [0.25, 0.3) is 0 Å². The third-order valence-electron chi connectivity index (χ3n) is 3.99. The number of rotatable bonds is 7. The largest absolute Gasteiger partial charge is 0.396 e. The topological polar surface area (TPSA) is 32.3 Å². The number of hydrogen-bond acceptors (Lipinski definition) is 2. The molecule has 0 amide bonds. The highest BCUT2D eigenvalue weighted by molar-refractivity contribution is 5.19. The molecule has 0 aliphatic rings. The Kier molecular flexibility index (Phi) is 5.76. The maximum absolute atomic E-state index is 12.8. The third-order valence-corrected chi connectivity index (χ3v) is 3.99. The Labute approximate surface area is 109 Å². The van der Waals surface area contributed by atoms with Gasteiger partial charge in [-0.15, -0.1) is 0 Å². The summed E-state index contributed by atoms with van der Waals surface area (Å²) in [5.41, 5.74) is 1.02. The minimum absolute atomic E-state index is 0.0473. The normalized spacial score (nSPS) is 13.6. The van der Waals surface area contributed by atoms with Crippen LogP contribution in [0.15, 0.2) is 24.3 Å². The lowest BCUT2D eigenvalue weighted by atomic mass is 9.83. The van der Waals surface area contributed by atoms with Gasteiger partial charge in [-0.25, -0.2) is 4.39 Å². The number of benzene rings is 1. The molecule has 1 atom stereocenters. The van der Waals surface area contributed by atoms with Crippen LogP contribution in [0.1, 0.15) is 45.2 Å². The zero-order valence-electron chi connectivity index (χ0n) is 11.5. The van der Waals surface area contributed by atoms with E-state index >= 15 is 0 Å². The van der Waals surface area contributed by atoms with Gasteiger partial charge in [-0.05, 0) is 37.5 Å². The number of halogens is 1. The quantitative estimate of drug-likeness (QED) is 0.781. The van der Waals surface area contributed by atoms with Crippen LogP contribution in [-0.2, 0) is 0 Å². The van der Waals surface area contributed by atoms with Crippen molar-refractivity contribution in [1.29, 1.82) is 0 Å². The lowest BCUT2D eigenvalue weighted by Gasteiger charge is -2.31. The van der Waals surface area contributed by atoms with Crippen molar-refractivity contribution in [2.45, 2.75) is 39.7 Å². The summed E-state index contributed by atoms with van der Waals surface area (Å²) in [6, 6.07) is 6.71. The fraction of sp³-hybridized carbons (Fsp3) is 0.600. The van der Waals surface area contributed by atoms with Gasteiger partial charge in [-0.1, -0.05) is 26.0 Å². The van der Waals surface area contributed by atoms with Gasteiger partial charge < -0.3 is 10.4 Å². The molecule has 0 bridgehead atoms. The van der Waals surface area contributed by atoms with Crippen LogP contribution >= 0.6 is 0 Å². The smallest absolute Gasteiger partial charge is 0.123 e. The molecule has 0 aliphatic heterocycles. The van der Waals surface area contributed by atoms with E-state index in [1.807, 2.05) is 0 Å². The van der Waals surface area contributed by atoms with Gasteiger partial charge in [0.1, 0.15) is 5.82 Å². The summed E-state index contributed by atoms with van der Waals surface area (Å²) in [4.78, 5) is 0. The van der Waals surface area contributed by atoms with Crippen molar-refractivity contribution in [3.05, 3.63) is 35.6 Å². The molecule has 1 rings (SSSR count). The van der Waals surface area contributed by atoms with Crippen LogP contribution in [0, 0.1) is 11.2 Å². The molecule has 1 aromatic rings. The van der Waals surface area contributed by atoms with Crippen molar-refractivity contribution in [2.75, 3.05) is 13.2 Å². The highest BCUT2D eigenvalue weighted by Gasteiger charge is 2.25. The first-order valence-corrected chi connectivity index (χ1v) is 6.66. The van der Waals surface area contributed by atoms with Crippen LogP contribution in [0.2, 0.25) is 0 Å². The van der Waals surface area contributed by atoms with Crippen LogP contribution in [0.3, 0.4) is 0 Å². The average molecular weight is 253 g/mol. The molecular formula is C15H24FNO. The summed E-state index contributed by atoms with van der Waals surface area (Å²) in [6.45, 7) is 7.23. The van der Waals surface area contributed by atoms with Gasteiger partial charge in [0, 0.05) is 24.6 Å². The second-order valence-corrected chi connectivity index (χ2v) is 5.02. The van der Waals surface area contributed by atoms with Crippen LogP contribution < -0.4 is 5.32 Å². The molecule has 0 heterocycles. The van der Waals surface area contributed by atoms with E-state index in [0.29, 0.717) is 0 Å². The first-order chi connectivity index (χ1) is 8.56. The maximum atomic E-state index is 12.8. The van der Waals surface area contributed by atoms with Gasteiger partial charge in [0.05, 0.1) is 0 Å². The van der Waals surface area contributed by atoms with Crippen molar-refractivity contribution in [3.8, 4) is 0 Å². The van der Waals surface area contributed by atoms with Gasteiger partial charge in [0.2, 0.25) is 0 Å². The zero-order valence-corrected chi connectivity index (χ0v) is 11.5. The fourth-order valence-electron chi connectivity index (χ4n) is 2.02. The number of aliphatic hydroxyl groups is 1. The highest BCUT2D eigenvalue weighted by atomic mass is 19.1. The first-order valence-electron chi connectivity index (χ1n) is 6.66. The maximum Gasteiger partial charge on any atom is 0.123 e. The van der Waals surface area contributed by atoms with Gasteiger partial charge in [0.15, 0.2) is 0 Å². The summed E-state index contributed by atoms with van der Waals surface area (Å²) >= 11 is 0. The fourth-order valence-corrected chi connectivity index (χ4v) is 2.02. The molecule has 1 aromatic carbocycles. The molecule has 102 valence electrons. The Morgan fingerprint density at radius 1 is 1.22 bits per heavy atom. The molecule has 0 saturated heterocycles. The summed E-state index contributed by atoms with van der Waals surface area (Å²) in [5.74, 6) is -0.210. The summed E-state index contributed by atoms with van der Waals surface area (Å²) in [7, 11) is 0. The molecule has 0 saturated carbocycles. The molecule has 0 aromatic heterocycles. The lowest BCUT2D eigenvalue weighted by molar-refractivity contribution is 0.110. The summed E-state index contributed by atoms with van der Waals surface area (Å²) < 4.78 is 12.8. The minimum Gasteiger partial charge on any atom is -0.396 e. The van der Waals surface area contributed by atoms with E-state index in [-0.39, 0.29) is 23.9 Å². The van der Waals surface area contributed by atoms with Crippen molar-refractivity contribution in [2.24, 2.45) is 5.41 Å². The second kappa shape index (κ2) is 6.86. The molecule has 0 unspecified atom stereocenters. The van der Waals surface area contributed by atoms with E-state index in [0.717, 1.165) is 24.9 Å². The summed E-state index contributed by atoms with van der Waals surface area (Å²) in [6.07, 6.45) is 1.90. The van der Waals surface area contributed by atoms with Gasteiger partial charge in [-0.3, -0.25) is 0 Å². The molecule has 0 fully saturated rings. The van der Waals surface area contributed by atoms with Gasteiger partial charge in [-0.2, -0.15) is 0 Å². The molecule has 2 nitrogen and oxygen atoms in total. The predicted molar refractivity (Wildman–Crippen MR) is 72.9 cm³/mol. The second-order valence-electron chi connectivity index (χ2n) is 5.02. The van der Waals surface area contributed by atoms with Crippen LogP contribution in [0.4, 0.5) is 4.39 Å². The predicted octanol–water partition coefficient (Wildman–Crippen LogP) is 3.28. The number of hydrogen-bond donors (Lipinski definition) is 2. The van der Waals surface area contributed by atoms with Gasteiger partial charge >= 0.3 is 0 Å². The molecule has 3 heteroatoms. The highest BCUT2D eigenvalue weighted by Crippen LogP contribution is 2.25. The molecule has 2 N–H and O–H groups in total. The van der Waals surface area contributed by atoms with E-state index in [1.165, 1.54) is 12.1 Å². The van der Waals surface area contributed by atoms with Crippen LogP contribution in [0.25, 0.3) is 0 Å². The Hall–Kier alpha value is -0.930. The van der Waals surface area contributed by atoms with E-state index in [4.69, 9.17) is 0 Å². The van der Waals surface area contributed by atoms with Crippen molar-refractivity contribution < 1.29 is 9.50 Å². The molecule has 0 aliphatic carbocycles. The van der Waals surface area contributed by atoms with E-state index < -0.39 is 0 Å². The van der Waals surface area contributed by atoms with Crippen LogP contribution in [-0.4, -0.2) is 18.3 Å². The Bertz CT molecular complexity index is 338. The Morgan fingerprint density at radius 3 is 2.22 bits per heavy atom. The standard InChI is InChI=1S/C15H24FNO/c1-4-15(5-2,11-18)10-17-12(3)13-6-8-14(16)9-7-13/h6-9,12,17-18H,4-5,10-11H2,1-3H3/t12-/m0/s1. The minimum atomic E-state index is -0.210. The first kappa shape index (κ1) is 15.1. The van der Waals surface area contributed by atoms with Crippen LogP contribution in [0.5, 0.6) is 0 Å². The molecule has 0 radical (unpaired) electrons. The average Bonchev–Trinajstić information content (AvgIpc) is 2.41. The molecular weight excluding hydrogens is 229 g/mol. The van der Waals surface area contributed by atoms with E-state index in [2.05, 4.69) is 26.1 Å². The number of nitrogens with one attached hydrogen (secondary N) is 1. The van der Waals surface area contributed by atoms with Crippen molar-refractivity contribution in [3.63, 3.8) is 0 Å². The molecule has 0 spiro atoms. The van der Waals surface area contributed by atoms with Crippen molar-refractivity contribution in [1.82, 2.24) is 5.32 Å². The Balaban J connectivity index is 2.59. The zero-order chi connectivity index (χ0) is 13.6. The monoisotopic (exact) mass is 253 g/mol. The number of aliphatic hydroxyl groups excluding tert-OH is 1. The van der Waals surface area contributed by atoms with Crippen molar-refractivity contribution >= 4 is 0 Å². The lowest BCUT2D eigenvalue weighted by Crippen LogP contribution is -2.37. The summed E-state index contributed by atoms with van der Waals surface area (Å²) in [5, 5.41) is 12.9. The van der Waals surface area contributed by atoms with E-state index in [1.54, 1.807) is 12.1 Å². The van der Waals surface area contributed by atoms with E-state index in [9.17, 15) is 9.50 Å². The SMILES string of the molecule is CCC(CC)(CO)CN[C@@H](C)c1ccc(F)cc1. The Morgan fingerprint density at radius 2 is 1.78 bits per heavy atom. The third kappa shape index (κ3) is 3.79.